The quantitative estimate of drug-likeness (QED) is 0.653. The first-order chi connectivity index (χ1) is 7.29. The van der Waals surface area contributed by atoms with Crippen molar-refractivity contribution in [2.45, 2.75) is 18.9 Å². The van der Waals surface area contributed by atoms with E-state index in [0.717, 1.165) is 6.04 Å². The van der Waals surface area contributed by atoms with Crippen LogP contribution in [0.25, 0.3) is 0 Å². The lowest BCUT2D eigenvalue weighted by Gasteiger charge is -2.41. The normalized spacial score (nSPS) is 28.4. The maximum Gasteiger partial charge on any atom is 0.0121 e. The first-order valence-corrected chi connectivity index (χ1v) is 7.19. The second-order valence-electron chi connectivity index (χ2n) is 4.68. The van der Waals surface area contributed by atoms with E-state index >= 15 is 0 Å². The third-order valence-corrected chi connectivity index (χ3v) is 4.62. The van der Waals surface area contributed by atoms with E-state index in [4.69, 9.17) is 0 Å². The molecule has 0 saturated carbocycles. The van der Waals surface area contributed by atoms with Crippen LogP contribution in [0.15, 0.2) is 0 Å². The van der Waals surface area contributed by atoms with Crippen LogP contribution in [0.4, 0.5) is 0 Å². The van der Waals surface area contributed by atoms with Crippen molar-refractivity contribution in [3.8, 4) is 0 Å². The maximum atomic E-state index is 2.71. The molecule has 2 saturated heterocycles. The largest absolute Gasteiger partial charge is 0.304 e. The van der Waals surface area contributed by atoms with E-state index in [-0.39, 0.29) is 0 Å². The van der Waals surface area contributed by atoms with Gasteiger partial charge in [0, 0.05) is 45.3 Å². The molecular weight excluding hydrogens is 206 g/mol. The van der Waals surface area contributed by atoms with Gasteiger partial charge in [0.2, 0.25) is 0 Å². The van der Waals surface area contributed by atoms with Gasteiger partial charge in [-0.1, -0.05) is 11.9 Å². The average Bonchev–Trinajstić information content (AvgIpc) is 2.30. The van der Waals surface area contributed by atoms with E-state index in [1.807, 2.05) is 11.9 Å². The number of piperidine rings is 1. The van der Waals surface area contributed by atoms with Gasteiger partial charge in [0.1, 0.15) is 0 Å². The lowest BCUT2D eigenvalue weighted by molar-refractivity contribution is 0.0852. The summed E-state index contributed by atoms with van der Waals surface area (Å²) in [7, 11) is 2.23. The minimum Gasteiger partial charge on any atom is -0.304 e. The summed E-state index contributed by atoms with van der Waals surface area (Å²) in [6.07, 6.45) is 4.92. The maximum absolute atomic E-state index is 2.71. The van der Waals surface area contributed by atoms with E-state index in [1.54, 1.807) is 0 Å². The Hall–Kier alpha value is 0.230. The molecule has 4 heteroatoms. The number of hydrogen-bond donors (Lipinski definition) is 0. The highest BCUT2D eigenvalue weighted by Crippen LogP contribution is 2.21. The summed E-state index contributed by atoms with van der Waals surface area (Å²) in [6, 6.07) is 0.863. The van der Waals surface area contributed by atoms with Gasteiger partial charge >= 0.3 is 0 Å². The minimum absolute atomic E-state index is 0.863. The zero-order valence-corrected chi connectivity index (χ0v) is 10.8. The van der Waals surface area contributed by atoms with Crippen LogP contribution in [0.3, 0.4) is 0 Å². The van der Waals surface area contributed by atoms with Crippen molar-refractivity contribution >= 4 is 11.9 Å². The highest BCUT2D eigenvalue weighted by molar-refractivity contribution is 7.96. The number of hydrogen-bond acceptors (Lipinski definition) is 4. The Balaban J connectivity index is 1.75. The first-order valence-electron chi connectivity index (χ1n) is 6.01. The molecule has 2 aliphatic heterocycles. The van der Waals surface area contributed by atoms with Crippen LogP contribution < -0.4 is 0 Å². The molecule has 0 aromatic rings. The fourth-order valence-corrected chi connectivity index (χ4v) is 3.15. The van der Waals surface area contributed by atoms with Crippen LogP contribution in [0.2, 0.25) is 0 Å². The monoisotopic (exact) mass is 229 g/mol. The molecule has 0 aromatic heterocycles. The molecule has 15 heavy (non-hydrogen) atoms. The molecule has 0 aliphatic carbocycles. The molecule has 0 spiro atoms. The average molecular weight is 229 g/mol. The van der Waals surface area contributed by atoms with Crippen molar-refractivity contribution < 1.29 is 0 Å². The first kappa shape index (κ1) is 11.7. The molecule has 0 atom stereocenters. The molecule has 88 valence electrons. The van der Waals surface area contributed by atoms with Gasteiger partial charge in [-0.3, -0.25) is 9.21 Å². The van der Waals surface area contributed by atoms with Crippen molar-refractivity contribution in [2.75, 3.05) is 52.6 Å². The third kappa shape index (κ3) is 3.09. The summed E-state index contributed by atoms with van der Waals surface area (Å²) in [5, 5.41) is 0. The summed E-state index contributed by atoms with van der Waals surface area (Å²) in [5.74, 6) is 0. The Morgan fingerprint density at radius 2 is 1.53 bits per heavy atom. The van der Waals surface area contributed by atoms with Gasteiger partial charge in [-0.25, -0.2) is 0 Å². The van der Waals surface area contributed by atoms with Gasteiger partial charge in [-0.15, -0.1) is 0 Å². The summed E-state index contributed by atoms with van der Waals surface area (Å²) in [5.41, 5.74) is 0. The van der Waals surface area contributed by atoms with Crippen LogP contribution in [-0.2, 0) is 0 Å². The zero-order chi connectivity index (χ0) is 10.7. The van der Waals surface area contributed by atoms with Crippen molar-refractivity contribution in [3.05, 3.63) is 0 Å². The van der Waals surface area contributed by atoms with Gasteiger partial charge in [0.05, 0.1) is 0 Å². The number of likely N-dealkylation sites (N-methyl/N-ethyl adjacent to an activating group) is 1. The zero-order valence-electron chi connectivity index (χ0n) is 9.98. The van der Waals surface area contributed by atoms with Crippen molar-refractivity contribution in [3.63, 3.8) is 0 Å². The van der Waals surface area contributed by atoms with Crippen LogP contribution in [0.5, 0.6) is 0 Å². The molecule has 3 nitrogen and oxygen atoms in total. The Labute approximate surface area is 97.9 Å². The summed E-state index contributed by atoms with van der Waals surface area (Å²) in [4.78, 5) is 5.14. The van der Waals surface area contributed by atoms with Crippen molar-refractivity contribution in [2.24, 2.45) is 0 Å². The highest BCUT2D eigenvalue weighted by Gasteiger charge is 2.26. The van der Waals surface area contributed by atoms with E-state index < -0.39 is 0 Å². The molecule has 2 fully saturated rings. The minimum atomic E-state index is 0.863. The second kappa shape index (κ2) is 5.53. The molecule has 0 bridgehead atoms. The van der Waals surface area contributed by atoms with Crippen LogP contribution >= 0.6 is 11.9 Å². The number of piperazine rings is 1. The standard InChI is InChI=1S/C11H23N3S/c1-12-7-9-13(10-8-12)11-3-5-14(15-2)6-4-11/h11H,3-10H2,1-2H3. The lowest BCUT2D eigenvalue weighted by atomic mass is 10.0. The van der Waals surface area contributed by atoms with Gasteiger partial charge in [-0.05, 0) is 26.1 Å². The van der Waals surface area contributed by atoms with Gasteiger partial charge in [0.25, 0.3) is 0 Å². The predicted octanol–water partition coefficient (Wildman–Crippen LogP) is 0.976. The van der Waals surface area contributed by atoms with E-state index in [1.165, 1.54) is 52.1 Å². The molecule has 2 aliphatic rings. The highest BCUT2D eigenvalue weighted by atomic mass is 32.2. The topological polar surface area (TPSA) is 9.72 Å². The Morgan fingerprint density at radius 1 is 0.933 bits per heavy atom. The fraction of sp³-hybridized carbons (Fsp3) is 1.00. The predicted molar refractivity (Wildman–Crippen MR) is 67.2 cm³/mol. The van der Waals surface area contributed by atoms with Crippen LogP contribution in [-0.4, -0.2) is 72.7 Å². The van der Waals surface area contributed by atoms with Gasteiger partial charge in [0.15, 0.2) is 0 Å². The summed E-state index contributed by atoms with van der Waals surface area (Å²) in [6.45, 7) is 7.61. The van der Waals surface area contributed by atoms with Gasteiger partial charge in [-0.2, -0.15) is 0 Å². The Kier molecular flexibility index (Phi) is 4.31. The second-order valence-corrected chi connectivity index (χ2v) is 5.56. The smallest absolute Gasteiger partial charge is 0.0121 e. The van der Waals surface area contributed by atoms with Crippen molar-refractivity contribution in [1.82, 2.24) is 14.1 Å². The van der Waals surface area contributed by atoms with Crippen molar-refractivity contribution in [1.29, 1.82) is 0 Å². The molecule has 0 N–H and O–H groups in total. The Bertz CT molecular complexity index is 184. The molecule has 0 amide bonds. The molecule has 0 unspecified atom stereocenters. The Morgan fingerprint density at radius 3 is 2.07 bits per heavy atom. The fourth-order valence-electron chi connectivity index (χ4n) is 2.58. The summed E-state index contributed by atoms with van der Waals surface area (Å²) < 4.78 is 2.49. The molecule has 0 aromatic carbocycles. The molecular formula is C11H23N3S. The van der Waals surface area contributed by atoms with E-state index in [2.05, 4.69) is 27.4 Å². The summed E-state index contributed by atoms with van der Waals surface area (Å²) >= 11 is 1.90. The lowest BCUT2D eigenvalue weighted by Crippen LogP contribution is -2.51. The number of nitrogens with zero attached hydrogens (tertiary/aromatic N) is 3. The van der Waals surface area contributed by atoms with E-state index in [9.17, 15) is 0 Å². The van der Waals surface area contributed by atoms with Crippen LogP contribution in [0, 0.1) is 0 Å². The van der Waals surface area contributed by atoms with E-state index in [0.29, 0.717) is 0 Å². The molecule has 2 heterocycles. The third-order valence-electron chi connectivity index (χ3n) is 3.74. The van der Waals surface area contributed by atoms with Crippen LogP contribution in [0.1, 0.15) is 12.8 Å². The molecule has 2 rings (SSSR count). The molecule has 0 radical (unpaired) electrons. The SMILES string of the molecule is CSN1CCC(N2CCN(C)CC2)CC1. The van der Waals surface area contributed by atoms with Gasteiger partial charge < -0.3 is 4.90 Å². The number of rotatable bonds is 2.